The van der Waals surface area contributed by atoms with E-state index in [1.54, 1.807) is 12.1 Å². The SMILES string of the molecule is CC(C)C(O)CCc1ccc(F)cc1. The van der Waals surface area contributed by atoms with Crippen molar-refractivity contribution in [2.24, 2.45) is 5.92 Å². The Kier molecular flexibility index (Phi) is 4.08. The van der Waals surface area contributed by atoms with E-state index < -0.39 is 0 Å². The highest BCUT2D eigenvalue weighted by molar-refractivity contribution is 5.16. The molecule has 0 aromatic heterocycles. The highest BCUT2D eigenvalue weighted by atomic mass is 19.1. The van der Waals surface area contributed by atoms with Crippen molar-refractivity contribution in [2.45, 2.75) is 32.8 Å². The second-order valence-electron chi connectivity index (χ2n) is 3.98. The molecule has 1 rings (SSSR count). The Morgan fingerprint density at radius 1 is 1.21 bits per heavy atom. The van der Waals surface area contributed by atoms with Crippen LogP contribution in [-0.4, -0.2) is 11.2 Å². The molecule has 0 aliphatic rings. The fourth-order valence-corrected chi connectivity index (χ4v) is 1.30. The second-order valence-corrected chi connectivity index (χ2v) is 3.98. The summed E-state index contributed by atoms with van der Waals surface area (Å²) in [6.45, 7) is 3.99. The Balaban J connectivity index is 2.42. The smallest absolute Gasteiger partial charge is 0.123 e. The predicted molar refractivity (Wildman–Crippen MR) is 55.6 cm³/mol. The number of aliphatic hydroxyl groups is 1. The minimum absolute atomic E-state index is 0.210. The van der Waals surface area contributed by atoms with Gasteiger partial charge in [-0.2, -0.15) is 0 Å². The van der Waals surface area contributed by atoms with Crippen molar-refractivity contribution < 1.29 is 9.50 Å². The fourth-order valence-electron chi connectivity index (χ4n) is 1.30. The lowest BCUT2D eigenvalue weighted by atomic mass is 9.99. The van der Waals surface area contributed by atoms with Gasteiger partial charge in [-0.3, -0.25) is 0 Å². The van der Waals surface area contributed by atoms with Crippen LogP contribution in [0, 0.1) is 11.7 Å². The van der Waals surface area contributed by atoms with Gasteiger partial charge >= 0.3 is 0 Å². The Bertz CT molecular complexity index is 266. The van der Waals surface area contributed by atoms with E-state index in [-0.39, 0.29) is 17.8 Å². The first-order valence-electron chi connectivity index (χ1n) is 5.02. The summed E-state index contributed by atoms with van der Waals surface area (Å²) in [5, 5.41) is 9.57. The van der Waals surface area contributed by atoms with Crippen LogP contribution in [0.25, 0.3) is 0 Å². The molecule has 0 amide bonds. The summed E-state index contributed by atoms with van der Waals surface area (Å²) in [5.41, 5.74) is 1.08. The molecule has 0 saturated heterocycles. The monoisotopic (exact) mass is 196 g/mol. The standard InChI is InChI=1S/C12H17FO/c1-9(2)12(14)8-5-10-3-6-11(13)7-4-10/h3-4,6-7,9,12,14H,5,8H2,1-2H3. The van der Waals surface area contributed by atoms with Gasteiger partial charge in [0, 0.05) is 0 Å². The lowest BCUT2D eigenvalue weighted by Gasteiger charge is -2.13. The zero-order valence-electron chi connectivity index (χ0n) is 8.70. The molecule has 0 saturated carbocycles. The zero-order chi connectivity index (χ0) is 10.6. The molecule has 0 aliphatic heterocycles. The molecule has 0 fully saturated rings. The van der Waals surface area contributed by atoms with Crippen LogP contribution in [-0.2, 0) is 6.42 Å². The summed E-state index contributed by atoms with van der Waals surface area (Å²) in [6, 6.07) is 6.44. The molecule has 14 heavy (non-hydrogen) atoms. The molecule has 1 unspecified atom stereocenters. The normalized spacial score (nSPS) is 13.2. The average Bonchev–Trinajstić information content (AvgIpc) is 2.16. The molecular formula is C12H17FO. The van der Waals surface area contributed by atoms with Gasteiger partial charge < -0.3 is 5.11 Å². The van der Waals surface area contributed by atoms with Gasteiger partial charge in [-0.15, -0.1) is 0 Å². The van der Waals surface area contributed by atoms with E-state index in [1.807, 2.05) is 13.8 Å². The van der Waals surface area contributed by atoms with Gasteiger partial charge in [0.15, 0.2) is 0 Å². The van der Waals surface area contributed by atoms with Crippen LogP contribution < -0.4 is 0 Å². The summed E-state index contributed by atoms with van der Waals surface area (Å²) in [7, 11) is 0. The van der Waals surface area contributed by atoms with Crippen LogP contribution in [0.4, 0.5) is 4.39 Å². The van der Waals surface area contributed by atoms with E-state index in [1.165, 1.54) is 12.1 Å². The lowest BCUT2D eigenvalue weighted by molar-refractivity contribution is 0.116. The van der Waals surface area contributed by atoms with Gasteiger partial charge in [0.05, 0.1) is 6.10 Å². The van der Waals surface area contributed by atoms with E-state index in [0.717, 1.165) is 18.4 Å². The number of halogens is 1. The summed E-state index contributed by atoms with van der Waals surface area (Å²) in [6.07, 6.45) is 1.28. The van der Waals surface area contributed by atoms with E-state index in [2.05, 4.69) is 0 Å². The molecule has 0 aliphatic carbocycles. The van der Waals surface area contributed by atoms with E-state index in [4.69, 9.17) is 0 Å². The molecule has 0 bridgehead atoms. The maximum absolute atomic E-state index is 12.6. The van der Waals surface area contributed by atoms with Crippen molar-refractivity contribution in [2.75, 3.05) is 0 Å². The third-order valence-corrected chi connectivity index (χ3v) is 2.41. The third-order valence-electron chi connectivity index (χ3n) is 2.41. The molecule has 2 heteroatoms. The number of aliphatic hydroxyl groups excluding tert-OH is 1. The number of hydrogen-bond donors (Lipinski definition) is 1. The molecule has 0 radical (unpaired) electrons. The van der Waals surface area contributed by atoms with E-state index in [9.17, 15) is 9.50 Å². The van der Waals surface area contributed by atoms with Gasteiger partial charge in [-0.05, 0) is 36.5 Å². The van der Waals surface area contributed by atoms with Crippen molar-refractivity contribution in [3.8, 4) is 0 Å². The van der Waals surface area contributed by atoms with Crippen molar-refractivity contribution in [1.29, 1.82) is 0 Å². The Morgan fingerprint density at radius 3 is 2.29 bits per heavy atom. The first kappa shape index (κ1) is 11.2. The van der Waals surface area contributed by atoms with Crippen LogP contribution in [0.2, 0.25) is 0 Å². The van der Waals surface area contributed by atoms with Gasteiger partial charge in [-0.1, -0.05) is 26.0 Å². The number of benzene rings is 1. The van der Waals surface area contributed by atoms with Crippen molar-refractivity contribution in [1.82, 2.24) is 0 Å². The molecule has 0 spiro atoms. The fraction of sp³-hybridized carbons (Fsp3) is 0.500. The molecular weight excluding hydrogens is 179 g/mol. The maximum Gasteiger partial charge on any atom is 0.123 e. The van der Waals surface area contributed by atoms with E-state index >= 15 is 0 Å². The maximum atomic E-state index is 12.6. The van der Waals surface area contributed by atoms with E-state index in [0.29, 0.717) is 0 Å². The Labute approximate surface area is 84.6 Å². The van der Waals surface area contributed by atoms with Crippen molar-refractivity contribution >= 4 is 0 Å². The molecule has 1 N–H and O–H groups in total. The highest BCUT2D eigenvalue weighted by Crippen LogP contribution is 2.11. The Hall–Kier alpha value is -0.890. The van der Waals surface area contributed by atoms with Crippen molar-refractivity contribution in [3.05, 3.63) is 35.6 Å². The number of rotatable bonds is 4. The first-order chi connectivity index (χ1) is 6.59. The number of aryl methyl sites for hydroxylation is 1. The number of hydrogen-bond acceptors (Lipinski definition) is 1. The highest BCUT2D eigenvalue weighted by Gasteiger charge is 2.08. The summed E-state index contributed by atoms with van der Waals surface area (Å²) in [5.74, 6) is 0.0774. The largest absolute Gasteiger partial charge is 0.393 e. The van der Waals surface area contributed by atoms with Crippen LogP contribution in [0.3, 0.4) is 0 Å². The van der Waals surface area contributed by atoms with Crippen molar-refractivity contribution in [3.63, 3.8) is 0 Å². The lowest BCUT2D eigenvalue weighted by Crippen LogP contribution is -2.15. The summed E-state index contributed by atoms with van der Waals surface area (Å²) in [4.78, 5) is 0. The third kappa shape index (κ3) is 3.46. The van der Waals surface area contributed by atoms with Crippen LogP contribution in [0.1, 0.15) is 25.8 Å². The van der Waals surface area contributed by atoms with Gasteiger partial charge in [0.25, 0.3) is 0 Å². The van der Waals surface area contributed by atoms with Gasteiger partial charge in [0.2, 0.25) is 0 Å². The second kappa shape index (κ2) is 5.11. The Morgan fingerprint density at radius 2 is 1.79 bits per heavy atom. The molecule has 0 heterocycles. The first-order valence-corrected chi connectivity index (χ1v) is 5.02. The topological polar surface area (TPSA) is 20.2 Å². The zero-order valence-corrected chi connectivity index (χ0v) is 8.70. The quantitative estimate of drug-likeness (QED) is 0.785. The van der Waals surface area contributed by atoms with Crippen LogP contribution in [0.5, 0.6) is 0 Å². The average molecular weight is 196 g/mol. The van der Waals surface area contributed by atoms with Crippen LogP contribution >= 0.6 is 0 Å². The van der Waals surface area contributed by atoms with Crippen LogP contribution in [0.15, 0.2) is 24.3 Å². The summed E-state index contributed by atoms with van der Waals surface area (Å²) < 4.78 is 12.6. The molecule has 1 aromatic carbocycles. The predicted octanol–water partition coefficient (Wildman–Crippen LogP) is 2.78. The minimum atomic E-state index is -0.264. The molecule has 1 aromatic rings. The summed E-state index contributed by atoms with van der Waals surface area (Å²) >= 11 is 0. The van der Waals surface area contributed by atoms with Gasteiger partial charge in [-0.25, -0.2) is 4.39 Å². The van der Waals surface area contributed by atoms with Gasteiger partial charge in [0.1, 0.15) is 5.82 Å². The molecule has 78 valence electrons. The molecule has 1 nitrogen and oxygen atoms in total. The minimum Gasteiger partial charge on any atom is -0.393 e. The molecule has 1 atom stereocenters.